The molecule has 1 heterocycles. The summed E-state index contributed by atoms with van der Waals surface area (Å²) in [6.45, 7) is 4.68. The van der Waals surface area contributed by atoms with Crippen molar-refractivity contribution in [2.75, 3.05) is 7.05 Å². The van der Waals surface area contributed by atoms with Crippen LogP contribution in [0.5, 0.6) is 0 Å². The van der Waals surface area contributed by atoms with Crippen LogP contribution in [0.3, 0.4) is 0 Å². The van der Waals surface area contributed by atoms with Gasteiger partial charge in [0.05, 0.1) is 17.2 Å². The number of hydrogen-bond acceptors (Lipinski definition) is 4. The summed E-state index contributed by atoms with van der Waals surface area (Å²) in [5.74, 6) is 0.295. The standard InChI is InChI=1S/C10H17N3OS/c1-7(2)9(10(14)11-3)12-4-8-5-15-6-13-8/h5-7,9,12H,4H2,1-3H3,(H,11,14). The lowest BCUT2D eigenvalue weighted by Crippen LogP contribution is -2.45. The normalized spacial score (nSPS) is 12.8. The van der Waals surface area contributed by atoms with E-state index in [0.717, 1.165) is 5.69 Å². The summed E-state index contributed by atoms with van der Waals surface area (Å²) in [7, 11) is 1.65. The first kappa shape index (κ1) is 12.1. The molecular formula is C10H17N3OS. The summed E-state index contributed by atoms with van der Waals surface area (Å²) in [4.78, 5) is 15.7. The fraction of sp³-hybridized carbons (Fsp3) is 0.600. The molecule has 0 aliphatic rings. The second kappa shape index (κ2) is 5.82. The molecule has 0 radical (unpaired) electrons. The highest BCUT2D eigenvalue weighted by atomic mass is 32.1. The molecule has 0 aliphatic heterocycles. The highest BCUT2D eigenvalue weighted by Gasteiger charge is 2.20. The van der Waals surface area contributed by atoms with Crippen molar-refractivity contribution in [2.24, 2.45) is 5.92 Å². The highest BCUT2D eigenvalue weighted by molar-refractivity contribution is 7.07. The quantitative estimate of drug-likeness (QED) is 0.789. The zero-order valence-electron chi connectivity index (χ0n) is 9.28. The van der Waals surface area contributed by atoms with Gasteiger partial charge in [0, 0.05) is 19.0 Å². The van der Waals surface area contributed by atoms with Crippen LogP contribution in [0, 0.1) is 5.92 Å². The van der Waals surface area contributed by atoms with E-state index in [1.807, 2.05) is 19.2 Å². The fourth-order valence-electron chi connectivity index (χ4n) is 1.33. The van der Waals surface area contributed by atoms with Crippen molar-refractivity contribution >= 4 is 17.2 Å². The summed E-state index contributed by atoms with van der Waals surface area (Å²) >= 11 is 1.56. The van der Waals surface area contributed by atoms with Gasteiger partial charge in [-0.3, -0.25) is 10.1 Å². The van der Waals surface area contributed by atoms with Crippen LogP contribution in [0.4, 0.5) is 0 Å². The maximum Gasteiger partial charge on any atom is 0.237 e. The van der Waals surface area contributed by atoms with Gasteiger partial charge in [-0.05, 0) is 5.92 Å². The molecule has 2 N–H and O–H groups in total. The SMILES string of the molecule is CNC(=O)C(NCc1cscn1)C(C)C. The number of nitrogens with one attached hydrogen (secondary N) is 2. The molecule has 0 aromatic carbocycles. The molecule has 4 nitrogen and oxygen atoms in total. The van der Waals surface area contributed by atoms with Crippen molar-refractivity contribution in [3.8, 4) is 0 Å². The van der Waals surface area contributed by atoms with Crippen molar-refractivity contribution < 1.29 is 4.79 Å². The van der Waals surface area contributed by atoms with Crippen LogP contribution in [-0.2, 0) is 11.3 Å². The molecule has 84 valence electrons. The zero-order valence-corrected chi connectivity index (χ0v) is 10.1. The molecular weight excluding hydrogens is 210 g/mol. The predicted octanol–water partition coefficient (Wildman–Crippen LogP) is 1.00. The van der Waals surface area contributed by atoms with Gasteiger partial charge in [0.15, 0.2) is 0 Å². The number of likely N-dealkylation sites (N-methyl/N-ethyl adjacent to an activating group) is 1. The Labute approximate surface area is 94.1 Å². The smallest absolute Gasteiger partial charge is 0.237 e. The van der Waals surface area contributed by atoms with E-state index in [1.165, 1.54) is 0 Å². The number of carbonyl (C=O) groups excluding carboxylic acids is 1. The van der Waals surface area contributed by atoms with E-state index in [4.69, 9.17) is 0 Å². The van der Waals surface area contributed by atoms with Gasteiger partial charge in [-0.25, -0.2) is 4.98 Å². The van der Waals surface area contributed by atoms with Crippen LogP contribution in [0.25, 0.3) is 0 Å². The van der Waals surface area contributed by atoms with Gasteiger partial charge < -0.3 is 5.32 Å². The zero-order chi connectivity index (χ0) is 11.3. The van der Waals surface area contributed by atoms with Crippen LogP contribution in [0.1, 0.15) is 19.5 Å². The van der Waals surface area contributed by atoms with Crippen molar-refractivity contribution in [3.63, 3.8) is 0 Å². The van der Waals surface area contributed by atoms with Crippen LogP contribution < -0.4 is 10.6 Å². The van der Waals surface area contributed by atoms with Gasteiger partial charge in [-0.2, -0.15) is 0 Å². The predicted molar refractivity (Wildman–Crippen MR) is 61.6 cm³/mol. The third-order valence-corrected chi connectivity index (χ3v) is 2.82. The monoisotopic (exact) mass is 227 g/mol. The van der Waals surface area contributed by atoms with Crippen LogP contribution in [0.2, 0.25) is 0 Å². The summed E-state index contributed by atoms with van der Waals surface area (Å²) in [6.07, 6.45) is 0. The second-order valence-corrected chi connectivity index (χ2v) is 4.42. The Morgan fingerprint density at radius 1 is 1.60 bits per heavy atom. The average Bonchev–Trinajstić information content (AvgIpc) is 2.70. The van der Waals surface area contributed by atoms with Crippen molar-refractivity contribution in [1.82, 2.24) is 15.6 Å². The molecule has 1 rings (SSSR count). The number of carbonyl (C=O) groups is 1. The third kappa shape index (κ3) is 3.60. The van der Waals surface area contributed by atoms with Gasteiger partial charge in [0.2, 0.25) is 5.91 Å². The lowest BCUT2D eigenvalue weighted by Gasteiger charge is -2.20. The lowest BCUT2D eigenvalue weighted by atomic mass is 10.0. The molecule has 0 aliphatic carbocycles. The largest absolute Gasteiger partial charge is 0.358 e. The Bertz CT molecular complexity index is 298. The van der Waals surface area contributed by atoms with Gasteiger partial charge in [-0.1, -0.05) is 13.8 Å². The summed E-state index contributed by atoms with van der Waals surface area (Å²) in [5.41, 5.74) is 2.77. The number of nitrogens with zero attached hydrogens (tertiary/aromatic N) is 1. The molecule has 1 aromatic rings. The number of hydrogen-bond donors (Lipinski definition) is 2. The molecule has 1 atom stereocenters. The minimum absolute atomic E-state index is 0.0280. The number of aromatic nitrogens is 1. The van der Waals surface area contributed by atoms with E-state index in [0.29, 0.717) is 6.54 Å². The molecule has 0 spiro atoms. The minimum Gasteiger partial charge on any atom is -0.358 e. The Morgan fingerprint density at radius 2 is 2.33 bits per heavy atom. The summed E-state index contributed by atoms with van der Waals surface area (Å²) in [5, 5.41) is 7.84. The Balaban J connectivity index is 2.49. The topological polar surface area (TPSA) is 54.0 Å². The van der Waals surface area contributed by atoms with E-state index in [9.17, 15) is 4.79 Å². The van der Waals surface area contributed by atoms with Crippen molar-refractivity contribution in [2.45, 2.75) is 26.4 Å². The van der Waals surface area contributed by atoms with E-state index in [1.54, 1.807) is 23.9 Å². The van der Waals surface area contributed by atoms with E-state index in [-0.39, 0.29) is 17.9 Å². The van der Waals surface area contributed by atoms with Crippen molar-refractivity contribution in [1.29, 1.82) is 0 Å². The average molecular weight is 227 g/mol. The number of rotatable bonds is 5. The lowest BCUT2D eigenvalue weighted by molar-refractivity contribution is -0.123. The first-order valence-corrected chi connectivity index (χ1v) is 5.91. The number of thiazole rings is 1. The summed E-state index contributed by atoms with van der Waals surface area (Å²) in [6, 6.07) is -0.156. The fourth-order valence-corrected chi connectivity index (χ4v) is 1.88. The Morgan fingerprint density at radius 3 is 2.80 bits per heavy atom. The molecule has 0 saturated heterocycles. The molecule has 15 heavy (non-hydrogen) atoms. The number of amides is 1. The first-order valence-electron chi connectivity index (χ1n) is 4.97. The van der Waals surface area contributed by atoms with Gasteiger partial charge in [-0.15, -0.1) is 11.3 Å². The molecule has 1 unspecified atom stereocenters. The Hall–Kier alpha value is -0.940. The molecule has 5 heteroatoms. The maximum atomic E-state index is 11.5. The molecule has 0 fully saturated rings. The maximum absolute atomic E-state index is 11.5. The van der Waals surface area contributed by atoms with Crippen molar-refractivity contribution in [3.05, 3.63) is 16.6 Å². The molecule has 0 saturated carbocycles. The van der Waals surface area contributed by atoms with Gasteiger partial charge in [0.1, 0.15) is 0 Å². The molecule has 1 aromatic heterocycles. The van der Waals surface area contributed by atoms with Gasteiger partial charge in [0.25, 0.3) is 0 Å². The van der Waals surface area contributed by atoms with Gasteiger partial charge >= 0.3 is 0 Å². The second-order valence-electron chi connectivity index (χ2n) is 3.70. The molecule has 0 bridgehead atoms. The highest BCUT2D eigenvalue weighted by Crippen LogP contribution is 2.05. The van der Waals surface area contributed by atoms with E-state index >= 15 is 0 Å². The van der Waals surface area contributed by atoms with Crippen LogP contribution in [0.15, 0.2) is 10.9 Å². The minimum atomic E-state index is -0.156. The van der Waals surface area contributed by atoms with Crippen LogP contribution >= 0.6 is 11.3 Å². The van der Waals surface area contributed by atoms with Crippen LogP contribution in [-0.4, -0.2) is 24.0 Å². The third-order valence-electron chi connectivity index (χ3n) is 2.18. The van der Waals surface area contributed by atoms with E-state index in [2.05, 4.69) is 15.6 Å². The van der Waals surface area contributed by atoms with E-state index < -0.39 is 0 Å². The summed E-state index contributed by atoms with van der Waals surface area (Å²) < 4.78 is 0. The Kier molecular flexibility index (Phi) is 4.71. The molecule has 1 amide bonds. The first-order chi connectivity index (χ1) is 7.15.